The minimum atomic E-state index is -3.52. The van der Waals surface area contributed by atoms with Gasteiger partial charge in [0.1, 0.15) is 0 Å². The molecule has 0 spiro atoms. The third-order valence-corrected chi connectivity index (χ3v) is 6.88. The van der Waals surface area contributed by atoms with Crippen LogP contribution in [-0.4, -0.2) is 68.2 Å². The molecule has 0 aliphatic carbocycles. The normalized spacial score (nSPS) is 18.4. The van der Waals surface area contributed by atoms with Crippen molar-refractivity contribution >= 4 is 27.5 Å². The Bertz CT molecular complexity index is 789. The number of sulfonamides is 1. The number of benzene rings is 1. The molecule has 9 heteroatoms. The summed E-state index contributed by atoms with van der Waals surface area (Å²) in [6, 6.07) is 5.82. The van der Waals surface area contributed by atoms with Crippen molar-refractivity contribution in [1.29, 1.82) is 0 Å². The minimum Gasteiger partial charge on any atom is -0.353 e. The number of piperazine rings is 1. The van der Waals surface area contributed by atoms with Gasteiger partial charge in [-0.3, -0.25) is 14.5 Å². The van der Waals surface area contributed by atoms with Gasteiger partial charge < -0.3 is 10.6 Å². The fourth-order valence-corrected chi connectivity index (χ4v) is 4.90. The predicted molar refractivity (Wildman–Crippen MR) is 108 cm³/mol. The van der Waals surface area contributed by atoms with Crippen molar-refractivity contribution in [2.75, 3.05) is 38.0 Å². The molecule has 0 aromatic heterocycles. The highest BCUT2D eigenvalue weighted by atomic mass is 32.2. The Morgan fingerprint density at radius 2 is 1.86 bits per heavy atom. The molecule has 1 unspecified atom stereocenters. The Morgan fingerprint density at radius 3 is 2.39 bits per heavy atom. The van der Waals surface area contributed by atoms with E-state index in [0.29, 0.717) is 31.9 Å². The molecule has 2 rings (SSSR count). The summed E-state index contributed by atoms with van der Waals surface area (Å²) in [4.78, 5) is 26.6. The Balaban J connectivity index is 2.04. The van der Waals surface area contributed by atoms with Gasteiger partial charge in [-0.1, -0.05) is 27.7 Å². The van der Waals surface area contributed by atoms with E-state index in [-0.39, 0.29) is 35.2 Å². The number of nitrogens with one attached hydrogen (secondary N) is 2. The lowest BCUT2D eigenvalue weighted by Crippen LogP contribution is -2.58. The molecule has 1 aliphatic heterocycles. The average Bonchev–Trinajstić information content (AvgIpc) is 2.62. The van der Waals surface area contributed by atoms with Crippen molar-refractivity contribution in [2.45, 2.75) is 38.6 Å². The summed E-state index contributed by atoms with van der Waals surface area (Å²) < 4.78 is 26.4. The first-order valence-corrected chi connectivity index (χ1v) is 11.1. The molecule has 1 aliphatic rings. The first kappa shape index (κ1) is 22.3. The predicted octanol–water partition coefficient (Wildman–Crippen LogP) is 1.11. The monoisotopic (exact) mass is 410 g/mol. The molecule has 1 aromatic rings. The molecule has 28 heavy (non-hydrogen) atoms. The quantitative estimate of drug-likeness (QED) is 0.669. The van der Waals surface area contributed by atoms with Gasteiger partial charge in [0.25, 0.3) is 0 Å². The average molecular weight is 411 g/mol. The van der Waals surface area contributed by atoms with Crippen LogP contribution in [0, 0.1) is 5.92 Å². The third-order valence-electron chi connectivity index (χ3n) is 4.82. The van der Waals surface area contributed by atoms with Crippen LogP contribution in [0.15, 0.2) is 29.2 Å². The van der Waals surface area contributed by atoms with Crippen LogP contribution in [0.4, 0.5) is 5.69 Å². The van der Waals surface area contributed by atoms with Crippen LogP contribution in [-0.2, 0) is 19.6 Å². The van der Waals surface area contributed by atoms with Gasteiger partial charge >= 0.3 is 0 Å². The molecule has 0 radical (unpaired) electrons. The maximum Gasteiger partial charge on any atom is 0.243 e. The topological polar surface area (TPSA) is 98.8 Å². The van der Waals surface area contributed by atoms with Crippen molar-refractivity contribution in [1.82, 2.24) is 14.5 Å². The van der Waals surface area contributed by atoms with Gasteiger partial charge in [-0.15, -0.1) is 0 Å². The van der Waals surface area contributed by atoms with E-state index in [1.54, 1.807) is 26.0 Å². The van der Waals surface area contributed by atoms with Crippen LogP contribution in [0.1, 0.15) is 27.7 Å². The van der Waals surface area contributed by atoms with E-state index in [1.165, 1.54) is 16.4 Å². The van der Waals surface area contributed by atoms with E-state index in [4.69, 9.17) is 0 Å². The second-order valence-corrected chi connectivity index (χ2v) is 9.05. The lowest BCUT2D eigenvalue weighted by atomic mass is 10.00. The van der Waals surface area contributed by atoms with Gasteiger partial charge in [0.15, 0.2) is 0 Å². The van der Waals surface area contributed by atoms with Crippen LogP contribution in [0.5, 0.6) is 0 Å². The lowest BCUT2D eigenvalue weighted by Gasteiger charge is -2.36. The van der Waals surface area contributed by atoms with Gasteiger partial charge in [-0.2, -0.15) is 4.31 Å². The molecule has 156 valence electrons. The fourth-order valence-electron chi connectivity index (χ4n) is 3.44. The van der Waals surface area contributed by atoms with Crippen LogP contribution in [0.3, 0.4) is 0 Å². The van der Waals surface area contributed by atoms with Gasteiger partial charge in [0.05, 0.1) is 17.5 Å². The smallest absolute Gasteiger partial charge is 0.243 e. The largest absolute Gasteiger partial charge is 0.353 e. The number of rotatable bonds is 8. The first-order chi connectivity index (χ1) is 13.2. The van der Waals surface area contributed by atoms with Gasteiger partial charge in [0, 0.05) is 31.9 Å². The van der Waals surface area contributed by atoms with Crippen molar-refractivity contribution in [2.24, 2.45) is 5.92 Å². The molecule has 0 saturated carbocycles. The second-order valence-electron chi connectivity index (χ2n) is 7.11. The second kappa shape index (κ2) is 9.49. The summed E-state index contributed by atoms with van der Waals surface area (Å²) >= 11 is 0. The molecule has 1 heterocycles. The SMILES string of the molecule is CCN(CC)S(=O)(=O)c1ccc(NC(=O)CN2CCNC(=O)C2C(C)C)cc1. The van der Waals surface area contributed by atoms with E-state index in [0.717, 1.165) is 0 Å². The highest BCUT2D eigenvalue weighted by molar-refractivity contribution is 7.89. The van der Waals surface area contributed by atoms with E-state index >= 15 is 0 Å². The number of anilines is 1. The Kier molecular flexibility index (Phi) is 7.56. The molecule has 1 fully saturated rings. The summed E-state index contributed by atoms with van der Waals surface area (Å²) in [5.41, 5.74) is 0.519. The van der Waals surface area contributed by atoms with Crippen LogP contribution >= 0.6 is 0 Å². The van der Waals surface area contributed by atoms with E-state index < -0.39 is 10.0 Å². The molecule has 0 bridgehead atoms. The molecule has 1 aromatic carbocycles. The summed E-state index contributed by atoms with van der Waals surface area (Å²) in [5.74, 6) is -0.197. The molecule has 8 nitrogen and oxygen atoms in total. The summed E-state index contributed by atoms with van der Waals surface area (Å²) in [6.07, 6.45) is 0. The summed E-state index contributed by atoms with van der Waals surface area (Å²) in [5, 5.41) is 5.61. The standard InChI is InChI=1S/C19H30N4O4S/c1-5-23(6-2)28(26,27)16-9-7-15(8-10-16)21-17(24)13-22-12-11-20-19(25)18(22)14(3)4/h7-10,14,18H,5-6,11-13H2,1-4H3,(H,20,25)(H,21,24). The number of nitrogens with zero attached hydrogens (tertiary/aromatic N) is 2. The van der Waals surface area contributed by atoms with E-state index in [1.807, 2.05) is 18.7 Å². The molecular weight excluding hydrogens is 380 g/mol. The number of carbonyl (C=O) groups is 2. The fraction of sp³-hybridized carbons (Fsp3) is 0.579. The van der Waals surface area contributed by atoms with Gasteiger partial charge in [-0.05, 0) is 30.2 Å². The summed E-state index contributed by atoms with van der Waals surface area (Å²) in [7, 11) is -3.52. The summed E-state index contributed by atoms with van der Waals surface area (Å²) in [6.45, 7) is 9.54. The van der Waals surface area contributed by atoms with Crippen molar-refractivity contribution in [3.05, 3.63) is 24.3 Å². The zero-order valence-electron chi connectivity index (χ0n) is 16.9. The van der Waals surface area contributed by atoms with Crippen LogP contribution < -0.4 is 10.6 Å². The molecule has 1 atom stereocenters. The van der Waals surface area contributed by atoms with E-state index in [9.17, 15) is 18.0 Å². The van der Waals surface area contributed by atoms with Gasteiger partial charge in [0.2, 0.25) is 21.8 Å². The number of carbonyl (C=O) groups excluding carboxylic acids is 2. The van der Waals surface area contributed by atoms with E-state index in [2.05, 4.69) is 10.6 Å². The highest BCUT2D eigenvalue weighted by Gasteiger charge is 2.33. The van der Waals surface area contributed by atoms with Crippen LogP contribution in [0.25, 0.3) is 0 Å². The minimum absolute atomic E-state index is 0.0555. The molecule has 1 saturated heterocycles. The Hall–Kier alpha value is -1.97. The number of hydrogen-bond acceptors (Lipinski definition) is 5. The zero-order chi connectivity index (χ0) is 20.9. The van der Waals surface area contributed by atoms with Crippen molar-refractivity contribution < 1.29 is 18.0 Å². The molecule has 2 amide bonds. The van der Waals surface area contributed by atoms with Crippen molar-refractivity contribution in [3.63, 3.8) is 0 Å². The number of amides is 2. The lowest BCUT2D eigenvalue weighted by molar-refractivity contribution is -0.132. The zero-order valence-corrected chi connectivity index (χ0v) is 17.8. The Morgan fingerprint density at radius 1 is 1.25 bits per heavy atom. The Labute approximate surface area is 167 Å². The van der Waals surface area contributed by atoms with Crippen molar-refractivity contribution in [3.8, 4) is 0 Å². The van der Waals surface area contributed by atoms with Gasteiger partial charge in [-0.25, -0.2) is 8.42 Å². The first-order valence-electron chi connectivity index (χ1n) is 9.62. The maximum atomic E-state index is 12.5. The third kappa shape index (κ3) is 5.09. The number of hydrogen-bond donors (Lipinski definition) is 2. The highest BCUT2D eigenvalue weighted by Crippen LogP contribution is 2.19. The van der Waals surface area contributed by atoms with Crippen LogP contribution in [0.2, 0.25) is 0 Å². The molecule has 2 N–H and O–H groups in total. The molecular formula is C19H30N4O4S. The maximum absolute atomic E-state index is 12.5.